The van der Waals surface area contributed by atoms with E-state index in [4.69, 9.17) is 14.2 Å². The standard InChI is InChI=1S/C20H17N3O4/c1-25-17-11-19-18(26-13-27-19)10-14(17)12-21-22-20(24)15-6-2-3-7-16(15)23-8-4-5-9-23/h2-12H,13H2,1H3,(H,22,24)/b21-12+. The second-order valence-electron chi connectivity index (χ2n) is 5.75. The molecule has 0 bridgehead atoms. The number of methoxy groups -OCH3 is 1. The van der Waals surface area contributed by atoms with Crippen molar-refractivity contribution in [3.63, 3.8) is 0 Å². The normalized spacial score (nSPS) is 12.3. The Morgan fingerprint density at radius 3 is 2.67 bits per heavy atom. The fourth-order valence-corrected chi connectivity index (χ4v) is 2.82. The summed E-state index contributed by atoms with van der Waals surface area (Å²) in [5.74, 6) is 1.50. The summed E-state index contributed by atoms with van der Waals surface area (Å²) < 4.78 is 17.9. The fraction of sp³-hybridized carbons (Fsp3) is 0.100. The van der Waals surface area contributed by atoms with Crippen molar-refractivity contribution in [2.24, 2.45) is 5.10 Å². The highest BCUT2D eigenvalue weighted by molar-refractivity contribution is 5.98. The molecule has 27 heavy (non-hydrogen) atoms. The molecule has 1 N–H and O–H groups in total. The lowest BCUT2D eigenvalue weighted by Gasteiger charge is -2.09. The topological polar surface area (TPSA) is 74.1 Å². The number of ether oxygens (including phenoxy) is 3. The van der Waals surface area contributed by atoms with E-state index >= 15 is 0 Å². The van der Waals surface area contributed by atoms with Crippen LogP contribution >= 0.6 is 0 Å². The van der Waals surface area contributed by atoms with E-state index in [1.165, 1.54) is 6.21 Å². The van der Waals surface area contributed by atoms with Gasteiger partial charge in [0.2, 0.25) is 6.79 Å². The van der Waals surface area contributed by atoms with Crippen molar-refractivity contribution < 1.29 is 19.0 Å². The number of amides is 1. The Morgan fingerprint density at radius 1 is 1.15 bits per heavy atom. The number of rotatable bonds is 5. The third-order valence-electron chi connectivity index (χ3n) is 4.13. The molecule has 0 atom stereocenters. The molecule has 0 unspecified atom stereocenters. The lowest BCUT2D eigenvalue weighted by atomic mass is 10.1. The van der Waals surface area contributed by atoms with E-state index in [2.05, 4.69) is 10.5 Å². The number of carbonyl (C=O) groups is 1. The van der Waals surface area contributed by atoms with Crippen LogP contribution in [0.5, 0.6) is 17.2 Å². The van der Waals surface area contributed by atoms with Gasteiger partial charge in [-0.15, -0.1) is 0 Å². The van der Waals surface area contributed by atoms with Crippen LogP contribution < -0.4 is 19.6 Å². The maximum Gasteiger partial charge on any atom is 0.273 e. The average molecular weight is 363 g/mol. The highest BCUT2D eigenvalue weighted by Crippen LogP contribution is 2.37. The number of hydrogen-bond donors (Lipinski definition) is 1. The highest BCUT2D eigenvalue weighted by Gasteiger charge is 2.17. The van der Waals surface area contributed by atoms with Crippen LogP contribution in [0.3, 0.4) is 0 Å². The Bertz CT molecular complexity index is 996. The molecule has 0 fully saturated rings. The van der Waals surface area contributed by atoms with Gasteiger partial charge in [0.25, 0.3) is 5.91 Å². The maximum atomic E-state index is 12.6. The minimum atomic E-state index is -0.310. The van der Waals surface area contributed by atoms with E-state index in [0.717, 1.165) is 5.69 Å². The minimum Gasteiger partial charge on any atom is -0.496 e. The van der Waals surface area contributed by atoms with E-state index in [0.29, 0.717) is 28.4 Å². The second kappa shape index (κ2) is 7.25. The monoisotopic (exact) mass is 363 g/mol. The zero-order valence-corrected chi connectivity index (χ0v) is 14.6. The molecule has 7 heteroatoms. The van der Waals surface area contributed by atoms with Crippen LogP contribution in [0.1, 0.15) is 15.9 Å². The van der Waals surface area contributed by atoms with Gasteiger partial charge in [-0.25, -0.2) is 5.43 Å². The van der Waals surface area contributed by atoms with Gasteiger partial charge in [0.05, 0.1) is 24.6 Å². The lowest BCUT2D eigenvalue weighted by Crippen LogP contribution is -2.19. The molecule has 0 saturated carbocycles. The lowest BCUT2D eigenvalue weighted by molar-refractivity contribution is 0.0955. The number of para-hydroxylation sites is 1. The molecule has 1 amide bonds. The third-order valence-corrected chi connectivity index (χ3v) is 4.13. The zero-order chi connectivity index (χ0) is 18.6. The number of aromatic nitrogens is 1. The van der Waals surface area contributed by atoms with Crippen molar-refractivity contribution in [2.75, 3.05) is 13.9 Å². The number of carbonyl (C=O) groups excluding carboxylic acids is 1. The predicted molar refractivity (Wildman–Crippen MR) is 99.9 cm³/mol. The Labute approximate surface area is 155 Å². The molecular formula is C20H17N3O4. The Hall–Kier alpha value is -3.74. The third kappa shape index (κ3) is 3.35. The summed E-state index contributed by atoms with van der Waals surface area (Å²) in [6.07, 6.45) is 5.27. The van der Waals surface area contributed by atoms with Crippen molar-refractivity contribution in [3.8, 4) is 22.9 Å². The van der Waals surface area contributed by atoms with Gasteiger partial charge in [0.15, 0.2) is 11.5 Å². The van der Waals surface area contributed by atoms with E-state index in [1.807, 2.05) is 47.3 Å². The summed E-state index contributed by atoms with van der Waals surface area (Å²) in [7, 11) is 1.56. The summed E-state index contributed by atoms with van der Waals surface area (Å²) in [6.45, 7) is 0.173. The molecule has 1 aliphatic heterocycles. The minimum absolute atomic E-state index is 0.173. The van der Waals surface area contributed by atoms with Crippen molar-refractivity contribution in [2.45, 2.75) is 0 Å². The van der Waals surface area contributed by atoms with Crippen LogP contribution in [-0.2, 0) is 0 Å². The van der Waals surface area contributed by atoms with Crippen molar-refractivity contribution in [3.05, 3.63) is 72.1 Å². The first kappa shape index (κ1) is 16.7. The molecule has 0 spiro atoms. The molecule has 0 aliphatic carbocycles. The molecule has 1 aromatic heterocycles. The Kier molecular flexibility index (Phi) is 4.49. The Morgan fingerprint density at radius 2 is 1.89 bits per heavy atom. The zero-order valence-electron chi connectivity index (χ0n) is 14.6. The fourth-order valence-electron chi connectivity index (χ4n) is 2.82. The van der Waals surface area contributed by atoms with Crippen LogP contribution in [0.25, 0.3) is 5.69 Å². The maximum absolute atomic E-state index is 12.6. The van der Waals surface area contributed by atoms with E-state index in [-0.39, 0.29) is 12.7 Å². The first-order chi connectivity index (χ1) is 13.3. The van der Waals surface area contributed by atoms with Gasteiger partial charge in [-0.2, -0.15) is 5.10 Å². The molecule has 136 valence electrons. The number of nitrogens with zero attached hydrogens (tertiary/aromatic N) is 2. The summed E-state index contributed by atoms with van der Waals surface area (Å²) in [4.78, 5) is 12.6. The summed E-state index contributed by atoms with van der Waals surface area (Å²) >= 11 is 0. The van der Waals surface area contributed by atoms with Gasteiger partial charge in [0.1, 0.15) is 5.75 Å². The number of nitrogens with one attached hydrogen (secondary N) is 1. The van der Waals surface area contributed by atoms with Gasteiger partial charge in [-0.05, 0) is 30.3 Å². The average Bonchev–Trinajstić information content (AvgIpc) is 3.38. The number of benzene rings is 2. The van der Waals surface area contributed by atoms with Gasteiger partial charge in [-0.3, -0.25) is 4.79 Å². The molecule has 3 aromatic rings. The Balaban J connectivity index is 1.54. The predicted octanol–water partition coefficient (Wildman–Crippen LogP) is 2.98. The second-order valence-corrected chi connectivity index (χ2v) is 5.75. The largest absolute Gasteiger partial charge is 0.496 e. The quantitative estimate of drug-likeness (QED) is 0.559. The van der Waals surface area contributed by atoms with Crippen LogP contribution in [0, 0.1) is 0 Å². The van der Waals surface area contributed by atoms with Crippen LogP contribution in [-0.4, -0.2) is 30.6 Å². The van der Waals surface area contributed by atoms with Gasteiger partial charge >= 0.3 is 0 Å². The van der Waals surface area contributed by atoms with Crippen LogP contribution in [0.2, 0.25) is 0 Å². The molecule has 1 aliphatic rings. The molecule has 7 nitrogen and oxygen atoms in total. The molecule has 0 radical (unpaired) electrons. The van der Waals surface area contributed by atoms with E-state index in [9.17, 15) is 4.79 Å². The summed E-state index contributed by atoms with van der Waals surface area (Å²) in [5, 5.41) is 4.06. The number of hydrogen-bond acceptors (Lipinski definition) is 5. The first-order valence-electron chi connectivity index (χ1n) is 8.29. The van der Waals surface area contributed by atoms with Crippen molar-refractivity contribution in [1.29, 1.82) is 0 Å². The summed E-state index contributed by atoms with van der Waals surface area (Å²) in [5.41, 5.74) is 4.52. The summed E-state index contributed by atoms with van der Waals surface area (Å²) in [6, 6.07) is 14.6. The van der Waals surface area contributed by atoms with Gasteiger partial charge in [0, 0.05) is 24.0 Å². The van der Waals surface area contributed by atoms with Gasteiger partial charge in [-0.1, -0.05) is 12.1 Å². The van der Waals surface area contributed by atoms with Crippen molar-refractivity contribution >= 4 is 12.1 Å². The van der Waals surface area contributed by atoms with Crippen LogP contribution in [0.4, 0.5) is 0 Å². The molecule has 2 aromatic carbocycles. The number of fused-ring (bicyclic) bond motifs is 1. The molecular weight excluding hydrogens is 346 g/mol. The molecule has 0 saturated heterocycles. The van der Waals surface area contributed by atoms with Crippen molar-refractivity contribution in [1.82, 2.24) is 9.99 Å². The molecule has 2 heterocycles. The molecule has 4 rings (SSSR count). The highest BCUT2D eigenvalue weighted by atomic mass is 16.7. The SMILES string of the molecule is COc1cc2c(cc1/C=N/NC(=O)c1ccccc1-n1cccc1)OCO2. The van der Waals surface area contributed by atoms with E-state index < -0.39 is 0 Å². The van der Waals surface area contributed by atoms with Gasteiger partial charge < -0.3 is 18.8 Å². The first-order valence-corrected chi connectivity index (χ1v) is 8.29. The van der Waals surface area contributed by atoms with Crippen LogP contribution in [0.15, 0.2) is 66.0 Å². The van der Waals surface area contributed by atoms with E-state index in [1.54, 1.807) is 25.3 Å². The number of hydrazone groups is 1. The smallest absolute Gasteiger partial charge is 0.273 e.